The average Bonchev–Trinajstić information content (AvgIpc) is 2.77. The highest BCUT2D eigenvalue weighted by atomic mass is 15.3. The van der Waals surface area contributed by atoms with Gasteiger partial charge in [-0.1, -0.05) is 13.8 Å². The van der Waals surface area contributed by atoms with Crippen molar-refractivity contribution in [2.24, 2.45) is 7.05 Å². The quantitative estimate of drug-likeness (QED) is 0.812. The van der Waals surface area contributed by atoms with Gasteiger partial charge in [-0.15, -0.1) is 0 Å². The first kappa shape index (κ1) is 10.6. The molecule has 1 unspecified atom stereocenters. The molecule has 1 atom stereocenters. The van der Waals surface area contributed by atoms with Crippen LogP contribution in [0.25, 0.3) is 0 Å². The number of nitrogens with one attached hydrogen (secondary N) is 1. The number of hydrogen-bond donors (Lipinski definition) is 1. The summed E-state index contributed by atoms with van der Waals surface area (Å²) in [7, 11) is 1.99. The highest BCUT2D eigenvalue weighted by Crippen LogP contribution is 2.13. The van der Waals surface area contributed by atoms with Gasteiger partial charge in [0.05, 0.1) is 0 Å². The van der Waals surface area contributed by atoms with Crippen LogP contribution in [-0.2, 0) is 13.5 Å². The van der Waals surface area contributed by atoms with Crippen LogP contribution in [0.3, 0.4) is 0 Å². The molecule has 1 N–H and O–H groups in total. The maximum Gasteiger partial charge on any atom is 0.153 e. The second-order valence-electron chi connectivity index (χ2n) is 4.66. The Bertz CT molecular complexity index is 323. The maximum absolute atomic E-state index is 4.58. The Kier molecular flexibility index (Phi) is 3.05. The average molecular weight is 208 g/mol. The van der Waals surface area contributed by atoms with E-state index in [1.54, 1.807) is 0 Å². The lowest BCUT2D eigenvalue weighted by Crippen LogP contribution is -2.25. The van der Waals surface area contributed by atoms with Crippen LogP contribution in [0, 0.1) is 0 Å². The van der Waals surface area contributed by atoms with E-state index in [-0.39, 0.29) is 0 Å². The predicted octanol–water partition coefficient (Wildman–Crippen LogP) is 1.23. The fourth-order valence-corrected chi connectivity index (χ4v) is 2.01. The van der Waals surface area contributed by atoms with Gasteiger partial charge in [-0.3, -0.25) is 4.68 Å². The third-order valence-corrected chi connectivity index (χ3v) is 2.98. The van der Waals surface area contributed by atoms with Crippen LogP contribution in [0.5, 0.6) is 0 Å². The summed E-state index contributed by atoms with van der Waals surface area (Å²) < 4.78 is 1.93. The van der Waals surface area contributed by atoms with Crippen LogP contribution in [-0.4, -0.2) is 27.4 Å². The summed E-state index contributed by atoms with van der Waals surface area (Å²) in [6.07, 6.45) is 3.57. The van der Waals surface area contributed by atoms with Crippen molar-refractivity contribution in [1.29, 1.82) is 0 Å². The SMILES string of the molecule is CC(C)c1nc(CC2CCCN2)n(C)n1. The van der Waals surface area contributed by atoms with Gasteiger partial charge in [0.15, 0.2) is 5.82 Å². The molecule has 0 bridgehead atoms. The number of hydrogen-bond acceptors (Lipinski definition) is 3. The molecule has 1 aromatic rings. The second-order valence-corrected chi connectivity index (χ2v) is 4.66. The van der Waals surface area contributed by atoms with E-state index in [4.69, 9.17) is 0 Å². The molecule has 1 aromatic heterocycles. The molecule has 0 spiro atoms. The Labute approximate surface area is 91.1 Å². The van der Waals surface area contributed by atoms with Gasteiger partial charge in [0.1, 0.15) is 5.82 Å². The third kappa shape index (κ3) is 2.37. The third-order valence-electron chi connectivity index (χ3n) is 2.98. The van der Waals surface area contributed by atoms with Crippen LogP contribution in [0.1, 0.15) is 44.3 Å². The first-order valence-electron chi connectivity index (χ1n) is 5.80. The molecule has 1 fully saturated rings. The van der Waals surface area contributed by atoms with Gasteiger partial charge in [0.25, 0.3) is 0 Å². The number of aryl methyl sites for hydroxylation is 1. The van der Waals surface area contributed by atoms with Crippen LogP contribution < -0.4 is 5.32 Å². The van der Waals surface area contributed by atoms with E-state index in [9.17, 15) is 0 Å². The second kappa shape index (κ2) is 4.31. The summed E-state index contributed by atoms with van der Waals surface area (Å²) in [5.41, 5.74) is 0. The van der Waals surface area contributed by atoms with E-state index in [0.717, 1.165) is 24.6 Å². The molecule has 1 aliphatic rings. The molecule has 84 valence electrons. The van der Waals surface area contributed by atoms with Crippen molar-refractivity contribution in [3.8, 4) is 0 Å². The van der Waals surface area contributed by atoms with Gasteiger partial charge in [-0.2, -0.15) is 5.10 Å². The minimum Gasteiger partial charge on any atom is -0.314 e. The molecule has 1 aliphatic heterocycles. The van der Waals surface area contributed by atoms with Gasteiger partial charge in [0.2, 0.25) is 0 Å². The van der Waals surface area contributed by atoms with Gasteiger partial charge < -0.3 is 5.32 Å². The Morgan fingerprint density at radius 1 is 1.53 bits per heavy atom. The first-order chi connectivity index (χ1) is 7.16. The molecule has 0 saturated carbocycles. The topological polar surface area (TPSA) is 42.7 Å². The van der Waals surface area contributed by atoms with Gasteiger partial charge in [-0.25, -0.2) is 4.98 Å². The highest BCUT2D eigenvalue weighted by molar-refractivity contribution is 4.99. The van der Waals surface area contributed by atoms with Crippen LogP contribution in [0.2, 0.25) is 0 Å². The molecule has 0 radical (unpaired) electrons. The van der Waals surface area contributed by atoms with Gasteiger partial charge >= 0.3 is 0 Å². The van der Waals surface area contributed by atoms with Crippen LogP contribution >= 0.6 is 0 Å². The standard InChI is InChI=1S/C11H20N4/c1-8(2)11-13-10(15(3)14-11)7-9-5-4-6-12-9/h8-9,12H,4-7H2,1-3H3. The van der Waals surface area contributed by atoms with E-state index in [1.807, 2.05) is 11.7 Å². The van der Waals surface area contributed by atoms with Crippen LogP contribution in [0.15, 0.2) is 0 Å². The maximum atomic E-state index is 4.58. The number of aromatic nitrogens is 3. The van der Waals surface area contributed by atoms with Crippen molar-refractivity contribution in [1.82, 2.24) is 20.1 Å². The lowest BCUT2D eigenvalue weighted by Gasteiger charge is -2.08. The fourth-order valence-electron chi connectivity index (χ4n) is 2.01. The van der Waals surface area contributed by atoms with Crippen molar-refractivity contribution >= 4 is 0 Å². The number of nitrogens with zero attached hydrogens (tertiary/aromatic N) is 3. The zero-order chi connectivity index (χ0) is 10.8. The molecule has 0 aromatic carbocycles. The van der Waals surface area contributed by atoms with Crippen molar-refractivity contribution in [2.45, 2.75) is 45.1 Å². The Morgan fingerprint density at radius 3 is 2.87 bits per heavy atom. The van der Waals surface area contributed by atoms with Crippen molar-refractivity contribution < 1.29 is 0 Å². The fraction of sp³-hybridized carbons (Fsp3) is 0.818. The van der Waals surface area contributed by atoms with Gasteiger partial charge in [-0.05, 0) is 19.4 Å². The molecule has 0 aliphatic carbocycles. The lowest BCUT2D eigenvalue weighted by atomic mass is 10.1. The predicted molar refractivity (Wildman–Crippen MR) is 59.8 cm³/mol. The van der Waals surface area contributed by atoms with Crippen molar-refractivity contribution in [2.75, 3.05) is 6.54 Å². The van der Waals surface area contributed by atoms with E-state index in [1.165, 1.54) is 12.8 Å². The highest BCUT2D eigenvalue weighted by Gasteiger charge is 2.18. The van der Waals surface area contributed by atoms with Crippen molar-refractivity contribution in [3.05, 3.63) is 11.6 Å². The lowest BCUT2D eigenvalue weighted by molar-refractivity contribution is 0.562. The Balaban J connectivity index is 2.06. The van der Waals surface area contributed by atoms with E-state index < -0.39 is 0 Å². The normalized spacial score (nSPS) is 21.5. The molecule has 0 amide bonds. The summed E-state index contributed by atoms with van der Waals surface area (Å²) in [4.78, 5) is 4.58. The Morgan fingerprint density at radius 2 is 2.33 bits per heavy atom. The van der Waals surface area contributed by atoms with E-state index in [0.29, 0.717) is 12.0 Å². The zero-order valence-corrected chi connectivity index (χ0v) is 9.82. The van der Waals surface area contributed by atoms with E-state index >= 15 is 0 Å². The summed E-state index contributed by atoms with van der Waals surface area (Å²) in [6, 6.07) is 0.605. The Hall–Kier alpha value is -0.900. The minimum atomic E-state index is 0.418. The molecule has 2 rings (SSSR count). The van der Waals surface area contributed by atoms with Crippen LogP contribution in [0.4, 0.5) is 0 Å². The largest absolute Gasteiger partial charge is 0.314 e. The molecular formula is C11H20N4. The monoisotopic (exact) mass is 208 g/mol. The summed E-state index contributed by atoms with van der Waals surface area (Å²) >= 11 is 0. The van der Waals surface area contributed by atoms with E-state index in [2.05, 4.69) is 29.2 Å². The van der Waals surface area contributed by atoms with Gasteiger partial charge in [0, 0.05) is 25.4 Å². The first-order valence-corrected chi connectivity index (χ1v) is 5.80. The molecule has 15 heavy (non-hydrogen) atoms. The molecule has 4 heteroatoms. The zero-order valence-electron chi connectivity index (χ0n) is 9.82. The number of rotatable bonds is 3. The minimum absolute atomic E-state index is 0.418. The molecule has 4 nitrogen and oxygen atoms in total. The smallest absolute Gasteiger partial charge is 0.153 e. The molecular weight excluding hydrogens is 188 g/mol. The molecule has 1 saturated heterocycles. The van der Waals surface area contributed by atoms with Crippen molar-refractivity contribution in [3.63, 3.8) is 0 Å². The summed E-state index contributed by atoms with van der Waals surface area (Å²) in [5.74, 6) is 2.49. The summed E-state index contributed by atoms with van der Waals surface area (Å²) in [5, 5.41) is 7.92. The molecule has 2 heterocycles. The summed E-state index contributed by atoms with van der Waals surface area (Å²) in [6.45, 7) is 5.42.